The number of ether oxygens (including phenoxy) is 1. The number of aromatic hydroxyl groups is 1. The van der Waals surface area contributed by atoms with Crippen LogP contribution in [0.15, 0.2) is 63.0 Å². The number of amides is 1. The van der Waals surface area contributed by atoms with Crippen molar-refractivity contribution in [2.45, 2.75) is 6.42 Å². The summed E-state index contributed by atoms with van der Waals surface area (Å²) in [4.78, 5) is 12.2. The number of halogens is 1. The molecule has 0 aliphatic heterocycles. The van der Waals surface area contributed by atoms with E-state index < -0.39 is 5.91 Å². The van der Waals surface area contributed by atoms with Crippen molar-refractivity contribution < 1.29 is 19.1 Å². The summed E-state index contributed by atoms with van der Waals surface area (Å²) in [6.07, 6.45) is 3.62. The number of carbonyl (C=O) groups is 1. The molecule has 3 rings (SSSR count). The van der Waals surface area contributed by atoms with Crippen LogP contribution < -0.4 is 10.2 Å². The fourth-order valence-corrected chi connectivity index (χ4v) is 2.96. The zero-order valence-corrected chi connectivity index (χ0v) is 16.1. The molecule has 1 aromatic heterocycles. The second-order valence-corrected chi connectivity index (χ2v) is 6.63. The summed E-state index contributed by atoms with van der Waals surface area (Å²) in [5, 5.41) is 14.9. The second-order valence-electron chi connectivity index (χ2n) is 5.72. The third-order valence-electron chi connectivity index (χ3n) is 3.84. The minimum atomic E-state index is -0.462. The lowest BCUT2D eigenvalue weighted by atomic mass is 10.1. The summed E-state index contributed by atoms with van der Waals surface area (Å²) in [5.41, 5.74) is 4.36. The van der Waals surface area contributed by atoms with Gasteiger partial charge in [0, 0.05) is 15.4 Å². The number of hydrogen-bond donors (Lipinski definition) is 2. The molecule has 1 heterocycles. The standard InChI is InChI=1S/C20H17BrN2O4/c1-3-4-13-7-12(8-17(26-2)19(13)24)11-22-23-20(25)18-10-14-9-15(21)5-6-16(14)27-18/h3,5-11,24H,1,4H2,2H3,(H,23,25)/b22-11+. The molecule has 2 aromatic carbocycles. The molecule has 3 aromatic rings. The molecule has 0 saturated carbocycles. The van der Waals surface area contributed by atoms with Crippen LogP contribution in [0.5, 0.6) is 11.5 Å². The Bertz CT molecular complexity index is 1040. The molecule has 0 unspecified atom stereocenters. The van der Waals surface area contributed by atoms with Gasteiger partial charge in [-0.05, 0) is 48.4 Å². The first-order chi connectivity index (χ1) is 13.0. The number of carbonyl (C=O) groups excluding carboxylic acids is 1. The molecule has 6 nitrogen and oxygen atoms in total. The number of allylic oxidation sites excluding steroid dienone is 1. The van der Waals surface area contributed by atoms with Gasteiger partial charge in [-0.25, -0.2) is 5.43 Å². The fourth-order valence-electron chi connectivity index (χ4n) is 2.58. The molecule has 0 aliphatic rings. The number of hydrazone groups is 1. The van der Waals surface area contributed by atoms with E-state index in [1.807, 2.05) is 12.1 Å². The lowest BCUT2D eigenvalue weighted by molar-refractivity contribution is 0.0929. The normalized spacial score (nSPS) is 11.0. The van der Waals surface area contributed by atoms with Crippen LogP contribution in [0, 0.1) is 0 Å². The van der Waals surface area contributed by atoms with Crippen molar-refractivity contribution in [1.82, 2.24) is 5.43 Å². The molecule has 0 fully saturated rings. The highest BCUT2D eigenvalue weighted by atomic mass is 79.9. The van der Waals surface area contributed by atoms with E-state index in [1.54, 1.807) is 30.3 Å². The molecule has 0 aliphatic carbocycles. The summed E-state index contributed by atoms with van der Waals surface area (Å²) >= 11 is 3.38. The van der Waals surface area contributed by atoms with Gasteiger partial charge in [0.2, 0.25) is 0 Å². The molecule has 2 N–H and O–H groups in total. The number of hydrogen-bond acceptors (Lipinski definition) is 5. The molecule has 1 amide bonds. The number of furan rings is 1. The number of rotatable bonds is 6. The van der Waals surface area contributed by atoms with Gasteiger partial charge in [0.05, 0.1) is 13.3 Å². The molecule has 0 radical (unpaired) electrons. The number of phenols is 1. The molecule has 0 bridgehead atoms. The summed E-state index contributed by atoms with van der Waals surface area (Å²) in [5.74, 6) is 0.0866. The van der Waals surface area contributed by atoms with Crippen molar-refractivity contribution in [3.8, 4) is 11.5 Å². The van der Waals surface area contributed by atoms with E-state index in [4.69, 9.17) is 9.15 Å². The quantitative estimate of drug-likeness (QED) is 0.346. The fraction of sp³-hybridized carbons (Fsp3) is 0.100. The van der Waals surface area contributed by atoms with Gasteiger partial charge in [-0.15, -0.1) is 6.58 Å². The minimum Gasteiger partial charge on any atom is -0.504 e. The van der Waals surface area contributed by atoms with Crippen LogP contribution in [0.4, 0.5) is 0 Å². The maximum atomic E-state index is 12.2. The molecule has 0 atom stereocenters. The summed E-state index contributed by atoms with van der Waals surface area (Å²) < 4.78 is 11.6. The van der Waals surface area contributed by atoms with Crippen molar-refractivity contribution in [2.75, 3.05) is 7.11 Å². The molecule has 0 spiro atoms. The van der Waals surface area contributed by atoms with E-state index in [0.29, 0.717) is 28.9 Å². The van der Waals surface area contributed by atoms with E-state index in [9.17, 15) is 9.90 Å². The van der Waals surface area contributed by atoms with E-state index in [2.05, 4.69) is 33.0 Å². The third kappa shape index (κ3) is 4.20. The van der Waals surface area contributed by atoms with Gasteiger partial charge in [-0.3, -0.25) is 4.79 Å². The predicted octanol–water partition coefficient (Wildman–Crippen LogP) is 4.40. The summed E-state index contributed by atoms with van der Waals surface area (Å²) in [6, 6.07) is 10.5. The number of benzene rings is 2. The largest absolute Gasteiger partial charge is 0.504 e. The van der Waals surface area contributed by atoms with Gasteiger partial charge in [0.1, 0.15) is 5.58 Å². The Morgan fingerprint density at radius 3 is 2.93 bits per heavy atom. The van der Waals surface area contributed by atoms with Crippen molar-refractivity contribution >= 4 is 39.0 Å². The smallest absolute Gasteiger partial charge is 0.307 e. The Hall–Kier alpha value is -3.06. The van der Waals surface area contributed by atoms with Crippen molar-refractivity contribution in [1.29, 1.82) is 0 Å². The van der Waals surface area contributed by atoms with Gasteiger partial charge in [0.15, 0.2) is 17.3 Å². The van der Waals surface area contributed by atoms with E-state index in [0.717, 1.165) is 9.86 Å². The van der Waals surface area contributed by atoms with Crippen LogP contribution in [0.3, 0.4) is 0 Å². The SMILES string of the molecule is C=CCc1cc(/C=N/NC(=O)c2cc3cc(Br)ccc3o2)cc(OC)c1O. The Kier molecular flexibility index (Phi) is 5.61. The van der Waals surface area contributed by atoms with Gasteiger partial charge in [-0.2, -0.15) is 5.10 Å². The average Bonchev–Trinajstić information content (AvgIpc) is 3.07. The lowest BCUT2D eigenvalue weighted by Gasteiger charge is -2.09. The first kappa shape index (κ1) is 18.7. The molecule has 27 heavy (non-hydrogen) atoms. The van der Waals surface area contributed by atoms with Gasteiger partial charge in [0.25, 0.3) is 0 Å². The van der Waals surface area contributed by atoms with Crippen LogP contribution in [0.1, 0.15) is 21.7 Å². The Morgan fingerprint density at radius 2 is 2.19 bits per heavy atom. The summed E-state index contributed by atoms with van der Waals surface area (Å²) in [6.45, 7) is 3.67. The highest BCUT2D eigenvalue weighted by Crippen LogP contribution is 2.31. The van der Waals surface area contributed by atoms with Gasteiger partial charge < -0.3 is 14.3 Å². The minimum absolute atomic E-state index is 0.0621. The van der Waals surface area contributed by atoms with Crippen LogP contribution in [-0.2, 0) is 6.42 Å². The lowest BCUT2D eigenvalue weighted by Crippen LogP contribution is -2.16. The number of fused-ring (bicyclic) bond motifs is 1. The number of nitrogens with zero attached hydrogens (tertiary/aromatic N) is 1. The molecular formula is C20H17BrN2O4. The molecular weight excluding hydrogens is 412 g/mol. The highest BCUT2D eigenvalue weighted by Gasteiger charge is 2.12. The van der Waals surface area contributed by atoms with Gasteiger partial charge >= 0.3 is 5.91 Å². The monoisotopic (exact) mass is 428 g/mol. The number of nitrogens with one attached hydrogen (secondary N) is 1. The summed E-state index contributed by atoms with van der Waals surface area (Å²) in [7, 11) is 1.47. The first-order valence-electron chi connectivity index (χ1n) is 8.05. The van der Waals surface area contributed by atoms with Crippen LogP contribution in [0.25, 0.3) is 11.0 Å². The first-order valence-corrected chi connectivity index (χ1v) is 8.84. The molecule has 7 heteroatoms. The van der Waals surface area contributed by atoms with E-state index >= 15 is 0 Å². The zero-order chi connectivity index (χ0) is 19.4. The Labute approximate surface area is 164 Å². The Morgan fingerprint density at radius 1 is 1.37 bits per heavy atom. The topological polar surface area (TPSA) is 84.1 Å². The third-order valence-corrected chi connectivity index (χ3v) is 4.34. The predicted molar refractivity (Wildman–Crippen MR) is 108 cm³/mol. The molecule has 0 saturated heterocycles. The van der Waals surface area contributed by atoms with Crippen molar-refractivity contribution in [3.05, 3.63) is 70.4 Å². The van der Waals surface area contributed by atoms with E-state index in [-0.39, 0.29) is 11.5 Å². The van der Waals surface area contributed by atoms with Crippen molar-refractivity contribution in [3.63, 3.8) is 0 Å². The molecule has 138 valence electrons. The van der Waals surface area contributed by atoms with Crippen LogP contribution in [-0.4, -0.2) is 24.3 Å². The maximum Gasteiger partial charge on any atom is 0.307 e. The van der Waals surface area contributed by atoms with Gasteiger partial charge in [-0.1, -0.05) is 22.0 Å². The maximum absolute atomic E-state index is 12.2. The second kappa shape index (κ2) is 8.09. The van der Waals surface area contributed by atoms with Crippen LogP contribution in [0.2, 0.25) is 0 Å². The number of phenolic OH excluding ortho intramolecular Hbond substituents is 1. The van der Waals surface area contributed by atoms with Crippen molar-refractivity contribution in [2.24, 2.45) is 5.10 Å². The van der Waals surface area contributed by atoms with Crippen LogP contribution >= 0.6 is 15.9 Å². The van der Waals surface area contributed by atoms with E-state index in [1.165, 1.54) is 13.3 Å². The Balaban J connectivity index is 1.76. The highest BCUT2D eigenvalue weighted by molar-refractivity contribution is 9.10. The number of methoxy groups -OCH3 is 1. The average molecular weight is 429 g/mol. The zero-order valence-electron chi connectivity index (χ0n) is 14.5.